The van der Waals surface area contributed by atoms with Gasteiger partial charge in [-0.2, -0.15) is 0 Å². The van der Waals surface area contributed by atoms with Gasteiger partial charge in [-0.05, 0) is 67.9 Å². The summed E-state index contributed by atoms with van der Waals surface area (Å²) in [6.45, 7) is 2.01. The van der Waals surface area contributed by atoms with Crippen LogP contribution in [-0.4, -0.2) is 48.5 Å². The monoisotopic (exact) mass is 499 g/mol. The summed E-state index contributed by atoms with van der Waals surface area (Å²) in [5, 5.41) is 0. The minimum absolute atomic E-state index is 0.0786. The summed E-state index contributed by atoms with van der Waals surface area (Å²) in [5.41, 5.74) is 3.55. The maximum atomic E-state index is 13.9. The lowest BCUT2D eigenvalue weighted by molar-refractivity contribution is 0.0901. The molecular weight excluding hydrogens is 470 g/mol. The summed E-state index contributed by atoms with van der Waals surface area (Å²) in [6.07, 6.45) is 5.96. The smallest absolute Gasteiger partial charge is 0.276 e. The molecule has 1 aromatic carbocycles. The topological polar surface area (TPSA) is 62.7 Å². The summed E-state index contributed by atoms with van der Waals surface area (Å²) < 4.78 is 5.74. The van der Waals surface area contributed by atoms with Gasteiger partial charge in [0.2, 0.25) is 0 Å². The highest BCUT2D eigenvalue weighted by Gasteiger charge is 2.38. The number of carbonyl (C=O) groups is 2. The molecule has 4 aliphatic rings. The Balaban J connectivity index is 1.20. The Labute approximate surface area is 214 Å². The van der Waals surface area contributed by atoms with Crippen molar-refractivity contribution >= 4 is 34.5 Å². The molecule has 2 saturated heterocycles. The number of carbonyl (C=O) groups excluding carboxylic acids is 2. The zero-order chi connectivity index (χ0) is 24.2. The van der Waals surface area contributed by atoms with Crippen LogP contribution in [0, 0.1) is 5.92 Å². The van der Waals surface area contributed by atoms with Gasteiger partial charge in [0, 0.05) is 23.4 Å². The van der Waals surface area contributed by atoms with Crippen molar-refractivity contribution in [3.05, 3.63) is 64.7 Å². The molecule has 36 heavy (non-hydrogen) atoms. The number of para-hydroxylation sites is 1. The fraction of sp³-hybridized carbons (Fsp3) is 0.414. The summed E-state index contributed by atoms with van der Waals surface area (Å²) >= 11 is 1.59. The van der Waals surface area contributed by atoms with E-state index in [4.69, 9.17) is 9.72 Å². The molecule has 1 saturated carbocycles. The molecular formula is C29H29N3O3S. The van der Waals surface area contributed by atoms with Crippen LogP contribution in [0.2, 0.25) is 0 Å². The summed E-state index contributed by atoms with van der Waals surface area (Å²) in [6, 6.07) is 16.6. The van der Waals surface area contributed by atoms with Crippen molar-refractivity contribution in [1.82, 2.24) is 4.98 Å². The lowest BCUT2D eigenvalue weighted by Gasteiger charge is -2.35. The molecule has 1 aliphatic carbocycles. The molecule has 184 valence electrons. The number of nitrogens with zero attached hydrogens (tertiary/aromatic N) is 3. The average molecular weight is 500 g/mol. The second kappa shape index (κ2) is 8.82. The van der Waals surface area contributed by atoms with Crippen molar-refractivity contribution in [1.29, 1.82) is 0 Å². The van der Waals surface area contributed by atoms with Gasteiger partial charge in [0.25, 0.3) is 5.91 Å². The van der Waals surface area contributed by atoms with E-state index in [0.717, 1.165) is 64.9 Å². The maximum absolute atomic E-state index is 13.9. The second-order valence-corrected chi connectivity index (χ2v) is 11.5. The average Bonchev–Trinajstić information content (AvgIpc) is 3.59. The largest absolute Gasteiger partial charge is 0.377 e. The van der Waals surface area contributed by atoms with E-state index < -0.39 is 0 Å². The molecule has 0 N–H and O–H groups in total. The van der Waals surface area contributed by atoms with Gasteiger partial charge < -0.3 is 14.5 Å². The van der Waals surface area contributed by atoms with E-state index in [1.807, 2.05) is 41.3 Å². The number of ketones is 1. The Morgan fingerprint density at radius 1 is 1.00 bits per heavy atom. The molecule has 0 radical (unpaired) electrons. The first kappa shape index (κ1) is 22.2. The highest BCUT2D eigenvalue weighted by atomic mass is 32.1. The summed E-state index contributed by atoms with van der Waals surface area (Å²) in [7, 11) is 0. The van der Waals surface area contributed by atoms with E-state index in [-0.39, 0.29) is 11.7 Å². The number of pyridine rings is 1. The standard InChI is InChI=1S/C29H29N3O3S/c33-25(14-18-8-9-18)26-15-19-12-13-31(24-6-2-1-4-22(24)28(19)36-26)29(34)23-5-3-7-27(30-23)32-20-10-11-21(32)17-35-16-20/h1-7,15,18,20-21H,8-14,16-17H2. The lowest BCUT2D eigenvalue weighted by atomic mass is 10.1. The van der Waals surface area contributed by atoms with Crippen molar-refractivity contribution in [3.8, 4) is 10.4 Å². The van der Waals surface area contributed by atoms with Crippen LogP contribution in [0.3, 0.4) is 0 Å². The van der Waals surface area contributed by atoms with Gasteiger partial charge in [-0.1, -0.05) is 24.3 Å². The number of anilines is 2. The number of aromatic nitrogens is 1. The van der Waals surface area contributed by atoms with Crippen molar-refractivity contribution in [2.24, 2.45) is 5.92 Å². The van der Waals surface area contributed by atoms with Crippen molar-refractivity contribution in [3.63, 3.8) is 0 Å². The molecule has 2 bridgehead atoms. The highest BCUT2D eigenvalue weighted by molar-refractivity contribution is 7.17. The summed E-state index contributed by atoms with van der Waals surface area (Å²) in [4.78, 5) is 37.7. The Hall–Kier alpha value is -3.03. The van der Waals surface area contributed by atoms with Crippen LogP contribution in [0.5, 0.6) is 0 Å². The molecule has 5 heterocycles. The van der Waals surface area contributed by atoms with Gasteiger partial charge in [0.1, 0.15) is 11.5 Å². The molecule has 3 aromatic rings. The Kier molecular flexibility index (Phi) is 5.44. The normalized spacial score (nSPS) is 22.7. The SMILES string of the molecule is O=C(CC1CC1)c1cc2c(s1)-c1ccccc1N(C(=O)c1cccc(N3C4CCC3COC4)n1)CC2. The van der Waals surface area contributed by atoms with Crippen LogP contribution in [0.1, 0.15) is 57.8 Å². The predicted octanol–water partition coefficient (Wildman–Crippen LogP) is 5.36. The maximum Gasteiger partial charge on any atom is 0.276 e. The third-order valence-corrected chi connectivity index (χ3v) is 9.25. The predicted molar refractivity (Wildman–Crippen MR) is 141 cm³/mol. The first-order chi connectivity index (χ1) is 17.7. The number of ether oxygens (including phenoxy) is 1. The molecule has 3 aliphatic heterocycles. The zero-order valence-corrected chi connectivity index (χ0v) is 21.0. The van der Waals surface area contributed by atoms with Gasteiger partial charge in [-0.15, -0.1) is 11.3 Å². The van der Waals surface area contributed by atoms with Crippen LogP contribution in [0.15, 0.2) is 48.5 Å². The second-order valence-electron chi connectivity index (χ2n) is 10.5. The minimum Gasteiger partial charge on any atom is -0.377 e. The molecule has 1 amide bonds. The van der Waals surface area contributed by atoms with E-state index in [1.54, 1.807) is 11.3 Å². The molecule has 3 fully saturated rings. The van der Waals surface area contributed by atoms with Crippen molar-refractivity contribution in [2.45, 2.75) is 50.6 Å². The van der Waals surface area contributed by atoms with Crippen LogP contribution in [-0.2, 0) is 11.2 Å². The van der Waals surface area contributed by atoms with Gasteiger partial charge in [-0.3, -0.25) is 9.59 Å². The first-order valence-corrected chi connectivity index (χ1v) is 13.9. The molecule has 6 nitrogen and oxygen atoms in total. The summed E-state index contributed by atoms with van der Waals surface area (Å²) in [5.74, 6) is 1.64. The molecule has 7 heteroatoms. The number of thiophene rings is 1. The van der Waals surface area contributed by atoms with Crippen molar-refractivity contribution in [2.75, 3.05) is 29.6 Å². The zero-order valence-electron chi connectivity index (χ0n) is 20.2. The number of rotatable bonds is 5. The number of morpholine rings is 1. The lowest BCUT2D eigenvalue weighted by Crippen LogP contribution is -2.46. The van der Waals surface area contributed by atoms with E-state index in [1.165, 1.54) is 12.8 Å². The van der Waals surface area contributed by atoms with Gasteiger partial charge in [-0.25, -0.2) is 4.98 Å². The van der Waals surface area contributed by atoms with E-state index in [0.29, 0.717) is 36.7 Å². The Morgan fingerprint density at radius 3 is 2.61 bits per heavy atom. The van der Waals surface area contributed by atoms with E-state index in [9.17, 15) is 9.59 Å². The van der Waals surface area contributed by atoms with Gasteiger partial charge in [0.15, 0.2) is 5.78 Å². The Bertz CT molecular complexity index is 1330. The fourth-order valence-electron chi connectivity index (χ4n) is 5.96. The number of hydrogen-bond donors (Lipinski definition) is 0. The third-order valence-electron chi connectivity index (χ3n) is 8.00. The molecule has 2 atom stereocenters. The van der Waals surface area contributed by atoms with Crippen LogP contribution in [0.25, 0.3) is 10.4 Å². The first-order valence-electron chi connectivity index (χ1n) is 13.1. The van der Waals surface area contributed by atoms with Crippen molar-refractivity contribution < 1.29 is 14.3 Å². The quantitative estimate of drug-likeness (QED) is 0.442. The number of Topliss-reactive ketones (excluding diaryl/α,β-unsaturated/α-hetero) is 1. The highest BCUT2D eigenvalue weighted by Crippen LogP contribution is 2.43. The van der Waals surface area contributed by atoms with Crippen LogP contribution >= 0.6 is 11.3 Å². The minimum atomic E-state index is -0.0786. The number of benzene rings is 1. The van der Waals surface area contributed by atoms with Gasteiger partial charge >= 0.3 is 0 Å². The van der Waals surface area contributed by atoms with E-state index in [2.05, 4.69) is 17.0 Å². The molecule has 0 spiro atoms. The fourth-order valence-corrected chi connectivity index (χ4v) is 7.15. The molecule has 7 rings (SSSR count). The molecule has 2 aromatic heterocycles. The number of hydrogen-bond acceptors (Lipinski definition) is 6. The van der Waals surface area contributed by atoms with Crippen LogP contribution < -0.4 is 9.80 Å². The van der Waals surface area contributed by atoms with Gasteiger partial charge in [0.05, 0.1) is 35.9 Å². The number of fused-ring (bicyclic) bond motifs is 5. The number of amides is 1. The molecule has 2 unspecified atom stereocenters. The third kappa shape index (κ3) is 3.85. The Morgan fingerprint density at radius 2 is 1.81 bits per heavy atom. The van der Waals surface area contributed by atoms with E-state index >= 15 is 0 Å². The van der Waals surface area contributed by atoms with Crippen LogP contribution in [0.4, 0.5) is 11.5 Å².